The van der Waals surface area contributed by atoms with Crippen molar-refractivity contribution in [2.45, 2.75) is 31.6 Å². The van der Waals surface area contributed by atoms with E-state index < -0.39 is 0 Å². The zero-order chi connectivity index (χ0) is 9.26. The molecule has 70 valence electrons. The summed E-state index contributed by atoms with van der Waals surface area (Å²) >= 11 is 6.19. The summed E-state index contributed by atoms with van der Waals surface area (Å²) in [5.74, 6) is 1.60. The summed E-state index contributed by atoms with van der Waals surface area (Å²) in [4.78, 5) is 8.52. The molecule has 0 radical (unpaired) electrons. The minimum Gasteiger partial charge on any atom is -0.241 e. The monoisotopic (exact) mass is 196 g/mol. The van der Waals surface area contributed by atoms with E-state index in [9.17, 15) is 0 Å². The van der Waals surface area contributed by atoms with E-state index in [0.717, 1.165) is 17.9 Å². The molecule has 1 saturated carbocycles. The fraction of sp³-hybridized carbons (Fsp3) is 0.600. The molecule has 1 heterocycles. The fourth-order valence-electron chi connectivity index (χ4n) is 1.40. The van der Waals surface area contributed by atoms with Crippen molar-refractivity contribution in [1.29, 1.82) is 0 Å². The number of hydrogen-bond acceptors (Lipinski definition) is 2. The Hall–Kier alpha value is -0.630. The molecule has 1 aliphatic carbocycles. The van der Waals surface area contributed by atoms with Gasteiger partial charge in [0.05, 0.1) is 0 Å². The van der Waals surface area contributed by atoms with Gasteiger partial charge in [0.15, 0.2) is 0 Å². The number of alkyl halides is 1. The van der Waals surface area contributed by atoms with E-state index in [0.29, 0.717) is 5.92 Å². The Morgan fingerprint density at radius 3 is 3.00 bits per heavy atom. The van der Waals surface area contributed by atoms with Crippen LogP contribution in [0.15, 0.2) is 12.3 Å². The van der Waals surface area contributed by atoms with Crippen molar-refractivity contribution in [3.63, 3.8) is 0 Å². The minimum absolute atomic E-state index is 0.238. The molecule has 0 spiro atoms. The van der Waals surface area contributed by atoms with Gasteiger partial charge in [0.1, 0.15) is 5.82 Å². The zero-order valence-corrected chi connectivity index (χ0v) is 8.46. The summed E-state index contributed by atoms with van der Waals surface area (Å²) in [5, 5.41) is 0.238. The van der Waals surface area contributed by atoms with Crippen LogP contribution in [-0.4, -0.2) is 15.3 Å². The lowest BCUT2D eigenvalue weighted by Gasteiger charge is -2.05. The van der Waals surface area contributed by atoms with Gasteiger partial charge < -0.3 is 0 Å². The standard InChI is InChI=1S/C10H13ClN2/c1-7-4-5-12-10(13-7)6-9(11)8-2-3-8/h4-5,8-9H,2-3,6H2,1H3. The fourth-order valence-corrected chi connectivity index (χ4v) is 1.79. The number of hydrogen-bond donors (Lipinski definition) is 0. The molecule has 2 nitrogen and oxygen atoms in total. The quantitative estimate of drug-likeness (QED) is 0.694. The van der Waals surface area contributed by atoms with E-state index in [-0.39, 0.29) is 5.38 Å². The first-order chi connectivity index (χ1) is 6.25. The van der Waals surface area contributed by atoms with Crippen LogP contribution in [0, 0.1) is 12.8 Å². The highest BCUT2D eigenvalue weighted by Crippen LogP contribution is 2.36. The zero-order valence-electron chi connectivity index (χ0n) is 7.70. The number of aromatic nitrogens is 2. The van der Waals surface area contributed by atoms with E-state index in [1.165, 1.54) is 12.8 Å². The van der Waals surface area contributed by atoms with E-state index in [2.05, 4.69) is 9.97 Å². The second-order valence-electron chi connectivity index (χ2n) is 3.67. The highest BCUT2D eigenvalue weighted by molar-refractivity contribution is 6.21. The van der Waals surface area contributed by atoms with Crippen molar-refractivity contribution in [1.82, 2.24) is 9.97 Å². The smallest absolute Gasteiger partial charge is 0.129 e. The molecule has 3 heteroatoms. The Morgan fingerprint density at radius 2 is 2.38 bits per heavy atom. The molecular weight excluding hydrogens is 184 g/mol. The number of halogens is 1. The summed E-state index contributed by atoms with van der Waals surface area (Å²) in [7, 11) is 0. The predicted octanol–water partition coefficient (Wildman–Crippen LogP) is 2.34. The molecule has 0 aliphatic heterocycles. The van der Waals surface area contributed by atoms with Crippen molar-refractivity contribution >= 4 is 11.6 Å². The summed E-state index contributed by atoms with van der Waals surface area (Å²) in [6.45, 7) is 1.98. The summed E-state index contributed by atoms with van der Waals surface area (Å²) in [5.41, 5.74) is 1.02. The van der Waals surface area contributed by atoms with Gasteiger partial charge in [-0.05, 0) is 31.7 Å². The average molecular weight is 197 g/mol. The molecule has 1 fully saturated rings. The molecule has 1 aromatic rings. The van der Waals surface area contributed by atoms with Crippen molar-refractivity contribution in [3.05, 3.63) is 23.8 Å². The maximum atomic E-state index is 6.19. The molecule has 1 unspecified atom stereocenters. The lowest BCUT2D eigenvalue weighted by Crippen LogP contribution is -2.09. The van der Waals surface area contributed by atoms with Crippen LogP contribution in [0.5, 0.6) is 0 Å². The van der Waals surface area contributed by atoms with Gasteiger partial charge in [-0.1, -0.05) is 0 Å². The largest absolute Gasteiger partial charge is 0.241 e. The molecule has 1 atom stereocenters. The van der Waals surface area contributed by atoms with Crippen LogP contribution < -0.4 is 0 Å². The molecule has 2 rings (SSSR count). The van der Waals surface area contributed by atoms with Crippen LogP contribution in [0.3, 0.4) is 0 Å². The molecule has 0 bridgehead atoms. The Labute approximate surface area is 83.4 Å². The second kappa shape index (κ2) is 3.62. The van der Waals surface area contributed by atoms with Gasteiger partial charge in [-0.3, -0.25) is 0 Å². The van der Waals surface area contributed by atoms with Gasteiger partial charge in [0.2, 0.25) is 0 Å². The van der Waals surface area contributed by atoms with Crippen molar-refractivity contribution in [3.8, 4) is 0 Å². The number of rotatable bonds is 3. The Kier molecular flexibility index (Phi) is 2.49. The Bertz CT molecular complexity index is 297. The highest BCUT2D eigenvalue weighted by Gasteiger charge is 2.30. The molecule has 1 aliphatic rings. The van der Waals surface area contributed by atoms with E-state index in [1.807, 2.05) is 13.0 Å². The van der Waals surface area contributed by atoms with Crippen molar-refractivity contribution in [2.75, 3.05) is 0 Å². The summed E-state index contributed by atoms with van der Waals surface area (Å²) < 4.78 is 0. The Morgan fingerprint density at radius 1 is 1.62 bits per heavy atom. The molecular formula is C10H13ClN2. The molecule has 0 amide bonds. The van der Waals surface area contributed by atoms with Crippen LogP contribution in [0.4, 0.5) is 0 Å². The predicted molar refractivity (Wildman–Crippen MR) is 52.8 cm³/mol. The lowest BCUT2D eigenvalue weighted by atomic mass is 10.2. The minimum atomic E-state index is 0.238. The van der Waals surface area contributed by atoms with E-state index in [1.54, 1.807) is 6.20 Å². The topological polar surface area (TPSA) is 25.8 Å². The number of nitrogens with zero attached hydrogens (tertiary/aromatic N) is 2. The van der Waals surface area contributed by atoms with Gasteiger partial charge in [0, 0.05) is 23.7 Å². The van der Waals surface area contributed by atoms with Crippen molar-refractivity contribution in [2.24, 2.45) is 5.92 Å². The Balaban J connectivity index is 2.00. The third-order valence-electron chi connectivity index (χ3n) is 2.36. The van der Waals surface area contributed by atoms with Crippen LogP contribution >= 0.6 is 11.6 Å². The van der Waals surface area contributed by atoms with Crippen LogP contribution in [0.2, 0.25) is 0 Å². The summed E-state index contributed by atoms with van der Waals surface area (Å²) in [6.07, 6.45) is 5.17. The molecule has 1 aromatic heterocycles. The first kappa shape index (κ1) is 8.95. The normalized spacial score (nSPS) is 18.6. The first-order valence-electron chi connectivity index (χ1n) is 4.68. The molecule has 0 aromatic carbocycles. The molecule has 13 heavy (non-hydrogen) atoms. The molecule has 0 saturated heterocycles. The van der Waals surface area contributed by atoms with Gasteiger partial charge in [0.25, 0.3) is 0 Å². The third-order valence-corrected chi connectivity index (χ3v) is 2.87. The van der Waals surface area contributed by atoms with Gasteiger partial charge in [-0.25, -0.2) is 9.97 Å². The average Bonchev–Trinajstić information content (AvgIpc) is 2.85. The van der Waals surface area contributed by atoms with Crippen LogP contribution in [0.1, 0.15) is 24.4 Å². The lowest BCUT2D eigenvalue weighted by molar-refractivity contribution is 0.704. The van der Waals surface area contributed by atoms with Gasteiger partial charge in [-0.2, -0.15) is 0 Å². The second-order valence-corrected chi connectivity index (χ2v) is 4.23. The SMILES string of the molecule is Cc1ccnc(CC(Cl)C2CC2)n1. The van der Waals surface area contributed by atoms with Crippen LogP contribution in [-0.2, 0) is 6.42 Å². The maximum absolute atomic E-state index is 6.19. The van der Waals surface area contributed by atoms with Crippen LogP contribution in [0.25, 0.3) is 0 Å². The van der Waals surface area contributed by atoms with E-state index in [4.69, 9.17) is 11.6 Å². The number of aryl methyl sites for hydroxylation is 1. The third kappa shape index (κ3) is 2.41. The van der Waals surface area contributed by atoms with Gasteiger partial charge >= 0.3 is 0 Å². The van der Waals surface area contributed by atoms with E-state index >= 15 is 0 Å². The van der Waals surface area contributed by atoms with Crippen molar-refractivity contribution < 1.29 is 0 Å². The maximum Gasteiger partial charge on any atom is 0.129 e. The summed E-state index contributed by atoms with van der Waals surface area (Å²) in [6, 6.07) is 1.91. The highest BCUT2D eigenvalue weighted by atomic mass is 35.5. The molecule has 0 N–H and O–H groups in total. The first-order valence-corrected chi connectivity index (χ1v) is 5.12. The van der Waals surface area contributed by atoms with Gasteiger partial charge in [-0.15, -0.1) is 11.6 Å².